The van der Waals surface area contributed by atoms with Crippen LogP contribution < -0.4 is 0 Å². The molecule has 0 aromatic heterocycles. The minimum atomic E-state index is 0.449. The van der Waals surface area contributed by atoms with E-state index in [1.54, 1.807) is 0 Å². The summed E-state index contributed by atoms with van der Waals surface area (Å²) in [5.74, 6) is 0. The smallest absolute Gasteiger partial charge is 0.0395 e. The standard InChI is InChI=1S/C14H14Br2/c1-2-14(16)13-8-11-6-4-3-5-10(11)7-12(13)9-15/h3-8,14H,2,9H2,1H3. The number of hydrogen-bond acceptors (Lipinski definition) is 0. The fourth-order valence-corrected chi connectivity index (χ4v) is 2.84. The van der Waals surface area contributed by atoms with Crippen molar-refractivity contribution >= 4 is 42.6 Å². The molecule has 1 atom stereocenters. The fraction of sp³-hybridized carbons (Fsp3) is 0.286. The van der Waals surface area contributed by atoms with Gasteiger partial charge in [-0.25, -0.2) is 0 Å². The molecule has 0 heterocycles. The normalized spacial score (nSPS) is 12.9. The van der Waals surface area contributed by atoms with E-state index in [2.05, 4.69) is 75.2 Å². The highest BCUT2D eigenvalue weighted by Gasteiger charge is 2.10. The van der Waals surface area contributed by atoms with E-state index < -0.39 is 0 Å². The van der Waals surface area contributed by atoms with Gasteiger partial charge >= 0.3 is 0 Å². The van der Waals surface area contributed by atoms with Crippen molar-refractivity contribution in [3.63, 3.8) is 0 Å². The van der Waals surface area contributed by atoms with Crippen LogP contribution in [0.5, 0.6) is 0 Å². The highest BCUT2D eigenvalue weighted by atomic mass is 79.9. The Balaban J connectivity index is 2.62. The van der Waals surface area contributed by atoms with Crippen LogP contribution in [0.25, 0.3) is 10.8 Å². The third kappa shape index (κ3) is 2.33. The van der Waals surface area contributed by atoms with E-state index in [-0.39, 0.29) is 0 Å². The minimum Gasteiger partial charge on any atom is -0.0876 e. The van der Waals surface area contributed by atoms with E-state index in [1.807, 2.05) is 0 Å². The Morgan fingerprint density at radius 2 is 1.75 bits per heavy atom. The molecule has 0 saturated heterocycles. The van der Waals surface area contributed by atoms with Crippen LogP contribution in [0.4, 0.5) is 0 Å². The summed E-state index contributed by atoms with van der Waals surface area (Å²) < 4.78 is 0. The van der Waals surface area contributed by atoms with E-state index >= 15 is 0 Å². The first kappa shape index (κ1) is 12.1. The maximum Gasteiger partial charge on any atom is 0.0395 e. The molecule has 84 valence electrons. The van der Waals surface area contributed by atoms with Crippen LogP contribution in [0.3, 0.4) is 0 Å². The van der Waals surface area contributed by atoms with E-state index in [0.29, 0.717) is 4.83 Å². The van der Waals surface area contributed by atoms with Crippen LogP contribution >= 0.6 is 31.9 Å². The van der Waals surface area contributed by atoms with Crippen LogP contribution in [0.2, 0.25) is 0 Å². The molecule has 0 spiro atoms. The number of hydrogen-bond donors (Lipinski definition) is 0. The van der Waals surface area contributed by atoms with E-state index in [0.717, 1.165) is 11.8 Å². The van der Waals surface area contributed by atoms with E-state index in [9.17, 15) is 0 Å². The first-order valence-electron chi connectivity index (χ1n) is 5.48. The lowest BCUT2D eigenvalue weighted by Crippen LogP contribution is -1.94. The third-order valence-corrected chi connectivity index (χ3v) is 4.59. The summed E-state index contributed by atoms with van der Waals surface area (Å²) in [5.41, 5.74) is 2.78. The Bertz CT molecular complexity index is 491. The molecule has 0 nitrogen and oxygen atoms in total. The van der Waals surface area contributed by atoms with Crippen LogP contribution in [-0.2, 0) is 5.33 Å². The Hall–Kier alpha value is -0.340. The van der Waals surface area contributed by atoms with Crippen molar-refractivity contribution in [2.24, 2.45) is 0 Å². The van der Waals surface area contributed by atoms with Gasteiger partial charge in [-0.1, -0.05) is 63.0 Å². The van der Waals surface area contributed by atoms with Gasteiger partial charge in [0.1, 0.15) is 0 Å². The molecule has 0 amide bonds. The first-order chi connectivity index (χ1) is 7.76. The van der Waals surface area contributed by atoms with Crippen molar-refractivity contribution in [3.8, 4) is 0 Å². The number of benzene rings is 2. The van der Waals surface area contributed by atoms with Gasteiger partial charge in [0.25, 0.3) is 0 Å². The third-order valence-electron chi connectivity index (χ3n) is 2.85. The molecule has 2 heteroatoms. The van der Waals surface area contributed by atoms with Crippen LogP contribution in [-0.4, -0.2) is 0 Å². The molecule has 0 fully saturated rings. The monoisotopic (exact) mass is 340 g/mol. The number of halogens is 2. The van der Waals surface area contributed by atoms with Gasteiger partial charge in [0.05, 0.1) is 0 Å². The SMILES string of the molecule is CCC(Br)c1cc2ccccc2cc1CBr. The predicted octanol–water partition coefficient (Wildman–Crippen LogP) is 5.58. The molecule has 1 unspecified atom stereocenters. The summed E-state index contributed by atoms with van der Waals surface area (Å²) in [7, 11) is 0. The Morgan fingerprint density at radius 1 is 1.12 bits per heavy atom. The molecule has 0 aliphatic heterocycles. The molecule has 0 bridgehead atoms. The Morgan fingerprint density at radius 3 is 2.31 bits per heavy atom. The van der Waals surface area contributed by atoms with Crippen molar-refractivity contribution in [1.82, 2.24) is 0 Å². The molecule has 0 N–H and O–H groups in total. The molecule has 0 saturated carbocycles. The summed E-state index contributed by atoms with van der Waals surface area (Å²) in [6, 6.07) is 13.1. The van der Waals surface area contributed by atoms with Crippen LogP contribution in [0.15, 0.2) is 36.4 Å². The van der Waals surface area contributed by atoms with E-state index in [1.165, 1.54) is 21.9 Å². The average molecular weight is 342 g/mol. The molecular weight excluding hydrogens is 328 g/mol. The maximum absolute atomic E-state index is 3.74. The lowest BCUT2D eigenvalue weighted by atomic mass is 9.99. The molecule has 16 heavy (non-hydrogen) atoms. The summed E-state index contributed by atoms with van der Waals surface area (Å²) >= 11 is 7.31. The van der Waals surface area contributed by atoms with Gasteiger partial charge in [-0.05, 0) is 40.5 Å². The van der Waals surface area contributed by atoms with Crippen molar-refractivity contribution < 1.29 is 0 Å². The lowest BCUT2D eigenvalue weighted by Gasteiger charge is -2.13. The zero-order valence-corrected chi connectivity index (χ0v) is 12.4. The van der Waals surface area contributed by atoms with Gasteiger partial charge in [0, 0.05) is 10.2 Å². The maximum atomic E-state index is 3.74. The second-order valence-electron chi connectivity index (χ2n) is 3.91. The first-order valence-corrected chi connectivity index (χ1v) is 7.51. The largest absolute Gasteiger partial charge is 0.0876 e. The second kappa shape index (κ2) is 5.33. The lowest BCUT2D eigenvalue weighted by molar-refractivity contribution is 0.903. The zero-order valence-electron chi connectivity index (χ0n) is 9.21. The van der Waals surface area contributed by atoms with Crippen LogP contribution in [0.1, 0.15) is 29.3 Å². The van der Waals surface area contributed by atoms with Gasteiger partial charge in [-0.2, -0.15) is 0 Å². The summed E-state index contributed by atoms with van der Waals surface area (Å²) in [4.78, 5) is 0.449. The summed E-state index contributed by atoms with van der Waals surface area (Å²) in [6.45, 7) is 2.20. The van der Waals surface area contributed by atoms with Gasteiger partial charge in [0.15, 0.2) is 0 Å². The van der Waals surface area contributed by atoms with Crippen LogP contribution in [0, 0.1) is 0 Å². The molecule has 2 rings (SSSR count). The van der Waals surface area contributed by atoms with Crippen molar-refractivity contribution in [1.29, 1.82) is 0 Å². The van der Waals surface area contributed by atoms with E-state index in [4.69, 9.17) is 0 Å². The van der Waals surface area contributed by atoms with Gasteiger partial charge in [-0.15, -0.1) is 0 Å². The predicted molar refractivity (Wildman–Crippen MR) is 78.5 cm³/mol. The summed E-state index contributed by atoms with van der Waals surface area (Å²) in [6.07, 6.45) is 1.11. The molecule has 2 aromatic carbocycles. The van der Waals surface area contributed by atoms with Crippen molar-refractivity contribution in [2.75, 3.05) is 0 Å². The molecule has 2 aromatic rings. The second-order valence-corrected chi connectivity index (χ2v) is 5.57. The van der Waals surface area contributed by atoms with Gasteiger partial charge in [0.2, 0.25) is 0 Å². The fourth-order valence-electron chi connectivity index (χ4n) is 1.93. The highest BCUT2D eigenvalue weighted by Crippen LogP contribution is 2.33. The number of fused-ring (bicyclic) bond motifs is 1. The number of rotatable bonds is 3. The zero-order chi connectivity index (χ0) is 11.5. The van der Waals surface area contributed by atoms with Gasteiger partial charge < -0.3 is 0 Å². The number of alkyl halides is 2. The topological polar surface area (TPSA) is 0 Å². The minimum absolute atomic E-state index is 0.449. The molecule has 0 aliphatic rings. The van der Waals surface area contributed by atoms with Crippen molar-refractivity contribution in [3.05, 3.63) is 47.5 Å². The highest BCUT2D eigenvalue weighted by molar-refractivity contribution is 9.09. The van der Waals surface area contributed by atoms with Gasteiger partial charge in [-0.3, -0.25) is 0 Å². The van der Waals surface area contributed by atoms with Crippen molar-refractivity contribution in [2.45, 2.75) is 23.5 Å². The summed E-state index contributed by atoms with van der Waals surface area (Å²) in [5, 5.41) is 3.55. The average Bonchev–Trinajstić information content (AvgIpc) is 2.36. The molecular formula is C14H14Br2. The quantitative estimate of drug-likeness (QED) is 0.639. The Labute approximate surface area is 113 Å². The molecule has 0 aliphatic carbocycles. The molecule has 0 radical (unpaired) electrons. The Kier molecular flexibility index (Phi) is 4.04.